The van der Waals surface area contributed by atoms with Crippen molar-refractivity contribution >= 4 is 17.2 Å². The Morgan fingerprint density at radius 1 is 1.41 bits per heavy atom. The second-order valence-electron chi connectivity index (χ2n) is 3.70. The average molecular weight is 249 g/mol. The van der Waals surface area contributed by atoms with E-state index in [4.69, 9.17) is 4.42 Å². The second kappa shape index (κ2) is 5.68. The fourth-order valence-electron chi connectivity index (χ4n) is 1.51. The quantitative estimate of drug-likeness (QED) is 0.884. The summed E-state index contributed by atoms with van der Waals surface area (Å²) in [6, 6.07) is 7.98. The maximum atomic E-state index is 11.1. The predicted octanol–water partition coefficient (Wildman–Crippen LogP) is 3.08. The number of nitrogens with one attached hydrogen (secondary N) is 1. The third kappa shape index (κ3) is 3.20. The van der Waals surface area contributed by atoms with Gasteiger partial charge in [-0.2, -0.15) is 0 Å². The van der Waals surface area contributed by atoms with Crippen LogP contribution >= 0.6 is 11.3 Å². The van der Waals surface area contributed by atoms with Crippen molar-refractivity contribution in [3.63, 3.8) is 0 Å². The Balaban J connectivity index is 1.89. The first-order valence-corrected chi connectivity index (χ1v) is 6.50. The normalized spacial score (nSPS) is 10.4. The molecule has 1 N–H and O–H groups in total. The molecule has 0 saturated carbocycles. The standard InChI is InChI=1S/C13H15NO2S/c1-2-13(15)14-8-7-10-5-6-12(17-10)11-4-3-9-16-11/h3-6,9H,2,7-8H2,1H3,(H,14,15). The molecule has 2 aromatic rings. The van der Waals surface area contributed by atoms with Crippen LogP contribution in [0.3, 0.4) is 0 Å². The van der Waals surface area contributed by atoms with Crippen molar-refractivity contribution in [2.24, 2.45) is 0 Å². The summed E-state index contributed by atoms with van der Waals surface area (Å²) in [5, 5.41) is 2.87. The van der Waals surface area contributed by atoms with Crippen molar-refractivity contribution < 1.29 is 9.21 Å². The molecule has 17 heavy (non-hydrogen) atoms. The summed E-state index contributed by atoms with van der Waals surface area (Å²) in [6.45, 7) is 2.56. The molecule has 4 heteroatoms. The summed E-state index contributed by atoms with van der Waals surface area (Å²) in [4.78, 5) is 13.5. The summed E-state index contributed by atoms with van der Waals surface area (Å²) in [5.41, 5.74) is 0. The monoisotopic (exact) mass is 249 g/mol. The Morgan fingerprint density at radius 3 is 3.00 bits per heavy atom. The summed E-state index contributed by atoms with van der Waals surface area (Å²) in [6.07, 6.45) is 3.09. The lowest BCUT2D eigenvalue weighted by molar-refractivity contribution is -0.120. The summed E-state index contributed by atoms with van der Waals surface area (Å²) in [7, 11) is 0. The number of amides is 1. The first-order chi connectivity index (χ1) is 8.29. The maximum Gasteiger partial charge on any atom is 0.219 e. The van der Waals surface area contributed by atoms with Crippen molar-refractivity contribution in [3.05, 3.63) is 35.4 Å². The molecule has 2 heterocycles. The summed E-state index contributed by atoms with van der Waals surface area (Å²) in [5.74, 6) is 1.01. The van der Waals surface area contributed by atoms with Gasteiger partial charge in [0.25, 0.3) is 0 Å². The summed E-state index contributed by atoms with van der Waals surface area (Å²) >= 11 is 1.70. The van der Waals surface area contributed by atoms with Crippen molar-refractivity contribution in [3.8, 4) is 10.6 Å². The van der Waals surface area contributed by atoms with Crippen LogP contribution in [0.5, 0.6) is 0 Å². The minimum absolute atomic E-state index is 0.104. The van der Waals surface area contributed by atoms with E-state index in [0.29, 0.717) is 13.0 Å². The number of furan rings is 1. The first-order valence-electron chi connectivity index (χ1n) is 5.69. The van der Waals surface area contributed by atoms with E-state index in [9.17, 15) is 4.79 Å². The minimum atomic E-state index is 0.104. The van der Waals surface area contributed by atoms with Crippen LogP contribution in [0.25, 0.3) is 10.6 Å². The highest BCUT2D eigenvalue weighted by molar-refractivity contribution is 7.15. The zero-order valence-electron chi connectivity index (χ0n) is 9.73. The lowest BCUT2D eigenvalue weighted by Gasteiger charge is -2.00. The van der Waals surface area contributed by atoms with E-state index >= 15 is 0 Å². The van der Waals surface area contributed by atoms with Crippen LogP contribution in [0.1, 0.15) is 18.2 Å². The maximum absolute atomic E-state index is 11.1. The molecule has 0 radical (unpaired) electrons. The van der Waals surface area contributed by atoms with Gasteiger partial charge in [0, 0.05) is 17.8 Å². The van der Waals surface area contributed by atoms with Gasteiger partial charge in [-0.3, -0.25) is 4.79 Å². The van der Waals surface area contributed by atoms with E-state index < -0.39 is 0 Å². The summed E-state index contributed by atoms with van der Waals surface area (Å²) < 4.78 is 5.33. The Hall–Kier alpha value is -1.55. The minimum Gasteiger partial charge on any atom is -0.464 e. The molecule has 0 aliphatic rings. The lowest BCUT2D eigenvalue weighted by atomic mass is 10.3. The zero-order valence-corrected chi connectivity index (χ0v) is 10.5. The van der Waals surface area contributed by atoms with Crippen LogP contribution in [0.2, 0.25) is 0 Å². The van der Waals surface area contributed by atoms with Crippen molar-refractivity contribution in [1.82, 2.24) is 5.32 Å². The van der Waals surface area contributed by atoms with E-state index in [0.717, 1.165) is 17.1 Å². The molecule has 3 nitrogen and oxygen atoms in total. The molecule has 0 bridgehead atoms. The topological polar surface area (TPSA) is 42.2 Å². The highest BCUT2D eigenvalue weighted by atomic mass is 32.1. The fourth-order valence-corrected chi connectivity index (χ4v) is 2.49. The van der Waals surface area contributed by atoms with Gasteiger partial charge in [-0.15, -0.1) is 11.3 Å². The molecule has 0 aliphatic heterocycles. The fraction of sp³-hybridized carbons (Fsp3) is 0.308. The highest BCUT2D eigenvalue weighted by Gasteiger charge is 2.05. The average Bonchev–Trinajstić information content (AvgIpc) is 2.98. The number of carbonyl (C=O) groups is 1. The molecule has 2 rings (SSSR count). The molecule has 90 valence electrons. The van der Waals surface area contributed by atoms with Gasteiger partial charge in [0.2, 0.25) is 5.91 Å². The van der Waals surface area contributed by atoms with Crippen molar-refractivity contribution in [2.75, 3.05) is 6.54 Å². The van der Waals surface area contributed by atoms with Crippen LogP contribution in [0.15, 0.2) is 34.9 Å². The van der Waals surface area contributed by atoms with Gasteiger partial charge in [0.05, 0.1) is 11.1 Å². The molecule has 0 saturated heterocycles. The van der Waals surface area contributed by atoms with Gasteiger partial charge < -0.3 is 9.73 Å². The van der Waals surface area contributed by atoms with Gasteiger partial charge in [-0.05, 0) is 30.7 Å². The van der Waals surface area contributed by atoms with Gasteiger partial charge in [0.1, 0.15) is 5.76 Å². The Kier molecular flexibility index (Phi) is 3.98. The van der Waals surface area contributed by atoms with Crippen LogP contribution in [0.4, 0.5) is 0 Å². The number of hydrogen-bond acceptors (Lipinski definition) is 3. The Labute approximate surface area is 104 Å². The predicted molar refractivity (Wildman–Crippen MR) is 69.0 cm³/mol. The number of thiophene rings is 1. The second-order valence-corrected chi connectivity index (χ2v) is 4.87. The molecule has 0 unspecified atom stereocenters. The van der Waals surface area contributed by atoms with Gasteiger partial charge >= 0.3 is 0 Å². The van der Waals surface area contributed by atoms with E-state index in [1.54, 1.807) is 17.6 Å². The molecule has 2 aromatic heterocycles. The number of rotatable bonds is 5. The molecule has 0 aliphatic carbocycles. The number of carbonyl (C=O) groups excluding carboxylic acids is 1. The molecular formula is C13H15NO2S. The molecule has 0 atom stereocenters. The van der Waals surface area contributed by atoms with Crippen molar-refractivity contribution in [2.45, 2.75) is 19.8 Å². The van der Waals surface area contributed by atoms with E-state index in [-0.39, 0.29) is 5.91 Å². The smallest absolute Gasteiger partial charge is 0.219 e. The molecule has 0 aromatic carbocycles. The number of hydrogen-bond donors (Lipinski definition) is 1. The first kappa shape index (κ1) is 11.9. The molecular weight excluding hydrogens is 234 g/mol. The SMILES string of the molecule is CCC(=O)NCCc1ccc(-c2ccco2)s1. The Bertz CT molecular complexity index is 473. The lowest BCUT2D eigenvalue weighted by Crippen LogP contribution is -2.24. The molecule has 0 fully saturated rings. The van der Waals surface area contributed by atoms with Crippen LogP contribution < -0.4 is 5.32 Å². The third-order valence-corrected chi connectivity index (χ3v) is 3.60. The van der Waals surface area contributed by atoms with Gasteiger partial charge in [-0.1, -0.05) is 6.92 Å². The van der Waals surface area contributed by atoms with Crippen LogP contribution in [-0.4, -0.2) is 12.5 Å². The third-order valence-electron chi connectivity index (χ3n) is 2.44. The van der Waals surface area contributed by atoms with Crippen LogP contribution in [0, 0.1) is 0 Å². The van der Waals surface area contributed by atoms with E-state index in [1.807, 2.05) is 19.1 Å². The highest BCUT2D eigenvalue weighted by Crippen LogP contribution is 2.28. The molecule has 0 spiro atoms. The largest absolute Gasteiger partial charge is 0.464 e. The van der Waals surface area contributed by atoms with E-state index in [2.05, 4.69) is 17.4 Å². The van der Waals surface area contributed by atoms with Crippen molar-refractivity contribution in [1.29, 1.82) is 0 Å². The van der Waals surface area contributed by atoms with E-state index in [1.165, 1.54) is 4.88 Å². The zero-order chi connectivity index (χ0) is 12.1. The van der Waals surface area contributed by atoms with Gasteiger partial charge in [0.15, 0.2) is 0 Å². The Morgan fingerprint density at radius 2 is 2.29 bits per heavy atom. The van der Waals surface area contributed by atoms with Gasteiger partial charge in [-0.25, -0.2) is 0 Å². The van der Waals surface area contributed by atoms with Crippen LogP contribution in [-0.2, 0) is 11.2 Å². The molecule has 1 amide bonds.